The van der Waals surface area contributed by atoms with E-state index in [-0.39, 0.29) is 0 Å². The number of hydrogen-bond donors (Lipinski definition) is 1. The molecule has 1 aliphatic rings. The van der Waals surface area contributed by atoms with Gasteiger partial charge in [-0.1, -0.05) is 54.6 Å². The second-order valence-electron chi connectivity index (χ2n) is 7.37. The summed E-state index contributed by atoms with van der Waals surface area (Å²) in [6, 6.07) is 19.1. The first-order valence-electron chi connectivity index (χ1n) is 9.79. The number of piperidine rings is 1. The van der Waals surface area contributed by atoms with E-state index in [1.165, 1.54) is 16.7 Å². The van der Waals surface area contributed by atoms with Crippen LogP contribution in [0.2, 0.25) is 0 Å². The predicted molar refractivity (Wildman–Crippen MR) is 107 cm³/mol. The van der Waals surface area contributed by atoms with E-state index in [1.54, 1.807) is 0 Å². The van der Waals surface area contributed by atoms with E-state index < -0.39 is 0 Å². The maximum Gasteiger partial charge on any atom is 0.223 e. The molecule has 3 rings (SSSR count). The van der Waals surface area contributed by atoms with Crippen molar-refractivity contribution in [1.29, 1.82) is 0 Å². The summed E-state index contributed by atoms with van der Waals surface area (Å²) in [5, 5.41) is 3.41. The van der Waals surface area contributed by atoms with E-state index >= 15 is 0 Å². The van der Waals surface area contributed by atoms with Gasteiger partial charge in [0.15, 0.2) is 0 Å². The van der Waals surface area contributed by atoms with E-state index in [0.29, 0.717) is 18.2 Å². The van der Waals surface area contributed by atoms with E-state index in [9.17, 15) is 4.79 Å². The molecule has 1 aliphatic heterocycles. The lowest BCUT2D eigenvalue weighted by molar-refractivity contribution is -0.132. The molecule has 0 aliphatic carbocycles. The van der Waals surface area contributed by atoms with Crippen molar-refractivity contribution in [1.82, 2.24) is 10.2 Å². The van der Waals surface area contributed by atoms with Gasteiger partial charge in [0, 0.05) is 32.6 Å². The van der Waals surface area contributed by atoms with Crippen LogP contribution in [0.4, 0.5) is 0 Å². The quantitative estimate of drug-likeness (QED) is 0.767. The molecular weight excluding hydrogens is 320 g/mol. The zero-order valence-corrected chi connectivity index (χ0v) is 15.8. The molecule has 138 valence electrons. The number of benzene rings is 2. The molecule has 26 heavy (non-hydrogen) atoms. The Hall–Kier alpha value is -2.13. The molecule has 0 spiro atoms. The molecule has 1 saturated heterocycles. The van der Waals surface area contributed by atoms with E-state index in [2.05, 4.69) is 71.7 Å². The van der Waals surface area contributed by atoms with Crippen LogP contribution in [0, 0.1) is 12.8 Å². The number of hydrogen-bond acceptors (Lipinski definition) is 2. The van der Waals surface area contributed by atoms with E-state index in [4.69, 9.17) is 0 Å². The maximum atomic E-state index is 12.4. The van der Waals surface area contributed by atoms with Crippen molar-refractivity contribution >= 4 is 5.91 Å². The van der Waals surface area contributed by atoms with Gasteiger partial charge in [-0.15, -0.1) is 0 Å². The number of nitrogens with one attached hydrogen (secondary N) is 1. The third-order valence-electron chi connectivity index (χ3n) is 5.43. The predicted octanol–water partition coefficient (Wildman–Crippen LogP) is 3.96. The molecular formula is C23H30N2O. The minimum atomic E-state index is 0.292. The standard InChI is InChI=1S/C23H30N2O/c1-19-7-5-6-10-22(19)18-24-14-11-23(26)25-15-12-21(13-16-25)17-20-8-3-2-4-9-20/h2-10,21,24H,11-18H2,1H3. The molecule has 1 amide bonds. The zero-order chi connectivity index (χ0) is 18.2. The summed E-state index contributed by atoms with van der Waals surface area (Å²) in [6.07, 6.45) is 3.98. The number of nitrogens with zero attached hydrogens (tertiary/aromatic N) is 1. The fraction of sp³-hybridized carbons (Fsp3) is 0.435. The van der Waals surface area contributed by atoms with Crippen LogP contribution in [0.3, 0.4) is 0 Å². The lowest BCUT2D eigenvalue weighted by atomic mass is 9.90. The van der Waals surface area contributed by atoms with Gasteiger partial charge in [0.05, 0.1) is 0 Å². The molecule has 0 bridgehead atoms. The van der Waals surface area contributed by atoms with Crippen molar-refractivity contribution in [2.75, 3.05) is 19.6 Å². The van der Waals surface area contributed by atoms with Gasteiger partial charge in [-0.25, -0.2) is 0 Å². The Morgan fingerprint density at radius 1 is 1.04 bits per heavy atom. The third kappa shape index (κ3) is 5.43. The van der Waals surface area contributed by atoms with Crippen molar-refractivity contribution < 1.29 is 4.79 Å². The van der Waals surface area contributed by atoms with Crippen LogP contribution in [0.25, 0.3) is 0 Å². The van der Waals surface area contributed by atoms with Crippen LogP contribution in [-0.2, 0) is 17.8 Å². The summed E-state index contributed by atoms with van der Waals surface area (Å²) in [6.45, 7) is 5.53. The highest BCUT2D eigenvalue weighted by molar-refractivity contribution is 5.76. The lowest BCUT2D eigenvalue weighted by Crippen LogP contribution is -2.39. The SMILES string of the molecule is Cc1ccccc1CNCCC(=O)N1CCC(Cc2ccccc2)CC1. The largest absolute Gasteiger partial charge is 0.343 e. The summed E-state index contributed by atoms with van der Waals surface area (Å²) in [5.74, 6) is 1.00. The highest BCUT2D eigenvalue weighted by Crippen LogP contribution is 2.22. The number of amides is 1. The topological polar surface area (TPSA) is 32.3 Å². The fourth-order valence-electron chi connectivity index (χ4n) is 3.72. The molecule has 2 aromatic carbocycles. The zero-order valence-electron chi connectivity index (χ0n) is 15.8. The fourth-order valence-corrected chi connectivity index (χ4v) is 3.72. The number of carbonyl (C=O) groups excluding carboxylic acids is 1. The Bertz CT molecular complexity index is 690. The third-order valence-corrected chi connectivity index (χ3v) is 5.43. The molecule has 0 aromatic heterocycles. The highest BCUT2D eigenvalue weighted by atomic mass is 16.2. The average Bonchev–Trinajstić information content (AvgIpc) is 2.68. The summed E-state index contributed by atoms with van der Waals surface area (Å²) < 4.78 is 0. The van der Waals surface area contributed by atoms with E-state index in [0.717, 1.165) is 45.4 Å². The van der Waals surface area contributed by atoms with Crippen molar-refractivity contribution in [2.45, 2.75) is 39.2 Å². The van der Waals surface area contributed by atoms with Crippen molar-refractivity contribution in [3.8, 4) is 0 Å². The number of carbonyl (C=O) groups is 1. The summed E-state index contributed by atoms with van der Waals surface area (Å²) in [7, 11) is 0. The Kier molecular flexibility index (Phi) is 6.84. The van der Waals surface area contributed by atoms with Gasteiger partial charge in [0.1, 0.15) is 0 Å². The average molecular weight is 351 g/mol. The number of likely N-dealkylation sites (tertiary alicyclic amines) is 1. The van der Waals surface area contributed by atoms with Crippen molar-refractivity contribution in [3.63, 3.8) is 0 Å². The minimum Gasteiger partial charge on any atom is -0.343 e. The van der Waals surface area contributed by atoms with Crippen LogP contribution in [0.5, 0.6) is 0 Å². The van der Waals surface area contributed by atoms with Gasteiger partial charge < -0.3 is 10.2 Å². The second-order valence-corrected chi connectivity index (χ2v) is 7.37. The molecule has 3 nitrogen and oxygen atoms in total. The molecule has 0 radical (unpaired) electrons. The van der Waals surface area contributed by atoms with Gasteiger partial charge >= 0.3 is 0 Å². The number of rotatable bonds is 7. The first-order chi connectivity index (χ1) is 12.7. The Balaban J connectivity index is 1.34. The minimum absolute atomic E-state index is 0.292. The first kappa shape index (κ1) is 18.7. The highest BCUT2D eigenvalue weighted by Gasteiger charge is 2.22. The van der Waals surface area contributed by atoms with E-state index in [1.807, 2.05) is 0 Å². The monoisotopic (exact) mass is 350 g/mol. The molecule has 1 N–H and O–H groups in total. The normalized spacial score (nSPS) is 15.2. The summed E-state index contributed by atoms with van der Waals surface area (Å²) in [5.41, 5.74) is 4.02. The van der Waals surface area contributed by atoms with Crippen LogP contribution >= 0.6 is 0 Å². The van der Waals surface area contributed by atoms with Gasteiger partial charge in [-0.3, -0.25) is 4.79 Å². The van der Waals surface area contributed by atoms with Gasteiger partial charge in [-0.2, -0.15) is 0 Å². The van der Waals surface area contributed by atoms with Gasteiger partial charge in [0.25, 0.3) is 0 Å². The van der Waals surface area contributed by atoms with Crippen LogP contribution < -0.4 is 5.32 Å². The van der Waals surface area contributed by atoms with Gasteiger partial charge in [0.2, 0.25) is 5.91 Å². The number of aryl methyl sites for hydroxylation is 1. The van der Waals surface area contributed by atoms with Crippen LogP contribution in [0.1, 0.15) is 36.0 Å². The molecule has 0 saturated carbocycles. The van der Waals surface area contributed by atoms with Gasteiger partial charge in [-0.05, 0) is 48.8 Å². The molecule has 0 unspecified atom stereocenters. The molecule has 1 fully saturated rings. The molecule has 2 aromatic rings. The Morgan fingerprint density at radius 2 is 1.73 bits per heavy atom. The smallest absolute Gasteiger partial charge is 0.223 e. The Labute approximate surface area is 157 Å². The van der Waals surface area contributed by atoms with Crippen molar-refractivity contribution in [3.05, 3.63) is 71.3 Å². The first-order valence-corrected chi connectivity index (χ1v) is 9.79. The molecule has 0 atom stereocenters. The second kappa shape index (κ2) is 9.54. The van der Waals surface area contributed by atoms with Crippen molar-refractivity contribution in [2.24, 2.45) is 5.92 Å². The summed E-state index contributed by atoms with van der Waals surface area (Å²) >= 11 is 0. The molecule has 1 heterocycles. The summed E-state index contributed by atoms with van der Waals surface area (Å²) in [4.78, 5) is 14.5. The maximum absolute atomic E-state index is 12.4. The van der Waals surface area contributed by atoms with Crippen LogP contribution in [-0.4, -0.2) is 30.4 Å². The Morgan fingerprint density at radius 3 is 2.46 bits per heavy atom. The van der Waals surface area contributed by atoms with Crippen LogP contribution in [0.15, 0.2) is 54.6 Å². The molecule has 3 heteroatoms. The lowest BCUT2D eigenvalue weighted by Gasteiger charge is -2.32.